The quantitative estimate of drug-likeness (QED) is 0.0524. The fourth-order valence-electron chi connectivity index (χ4n) is 4.67. The number of rotatable bonds is 16. The number of carbonyl (C=O) groups excluding carboxylic acids is 6. The van der Waals surface area contributed by atoms with E-state index in [9.17, 15) is 38.4 Å². The molecule has 4 rings (SSSR count). The van der Waals surface area contributed by atoms with Crippen molar-refractivity contribution in [1.82, 2.24) is 55.0 Å². The van der Waals surface area contributed by atoms with Gasteiger partial charge in [0, 0.05) is 26.9 Å². The number of fused-ring (bicyclic) bond motifs is 2. The third kappa shape index (κ3) is 10.0. The summed E-state index contributed by atoms with van der Waals surface area (Å²) in [5.74, 6) is -4.02. The maximum absolute atomic E-state index is 13.0. The molecular formula is C28H36N14O9. The SMILES string of the molecule is CCOC(=O)CNC(=O)[C@H](CCn1cnc2c(=O)[nH]c(NC(C)=O)nc21)NC(=O)CNC(=O)[C@@H](N)CCn1cnc2c(=O)[nH]c(NC(C)=O)nc21. The molecule has 4 heterocycles. The van der Waals surface area contributed by atoms with Crippen LogP contribution in [0.4, 0.5) is 11.9 Å². The maximum Gasteiger partial charge on any atom is 0.325 e. The Morgan fingerprint density at radius 3 is 1.82 bits per heavy atom. The second-order valence-electron chi connectivity index (χ2n) is 11.0. The van der Waals surface area contributed by atoms with Gasteiger partial charge >= 0.3 is 5.97 Å². The summed E-state index contributed by atoms with van der Waals surface area (Å²) in [4.78, 5) is 119. The van der Waals surface area contributed by atoms with Crippen LogP contribution in [-0.4, -0.2) is 106 Å². The van der Waals surface area contributed by atoms with Gasteiger partial charge in [-0.05, 0) is 19.8 Å². The van der Waals surface area contributed by atoms with E-state index in [0.29, 0.717) is 0 Å². The van der Waals surface area contributed by atoms with E-state index < -0.39 is 71.8 Å². The van der Waals surface area contributed by atoms with Crippen LogP contribution >= 0.6 is 0 Å². The smallest absolute Gasteiger partial charge is 0.325 e. The number of aryl methyl sites for hydroxylation is 2. The number of esters is 1. The molecule has 23 heteroatoms. The Labute approximate surface area is 286 Å². The highest BCUT2D eigenvalue weighted by Gasteiger charge is 2.24. The van der Waals surface area contributed by atoms with Gasteiger partial charge in [-0.3, -0.25) is 59.0 Å². The van der Waals surface area contributed by atoms with Gasteiger partial charge in [-0.15, -0.1) is 0 Å². The molecule has 4 aromatic rings. The number of hydrogen-bond donors (Lipinski definition) is 8. The first-order valence-electron chi connectivity index (χ1n) is 15.5. The third-order valence-electron chi connectivity index (χ3n) is 7.00. The number of hydrogen-bond acceptors (Lipinski definition) is 14. The number of aromatic nitrogens is 8. The summed E-state index contributed by atoms with van der Waals surface area (Å²) in [7, 11) is 0. The lowest BCUT2D eigenvalue weighted by atomic mass is 10.1. The van der Waals surface area contributed by atoms with Gasteiger partial charge < -0.3 is 35.6 Å². The molecule has 23 nitrogen and oxygen atoms in total. The summed E-state index contributed by atoms with van der Waals surface area (Å²) < 4.78 is 7.74. The van der Waals surface area contributed by atoms with Crippen molar-refractivity contribution < 1.29 is 33.5 Å². The average Bonchev–Trinajstić information content (AvgIpc) is 3.67. The Morgan fingerprint density at radius 2 is 1.31 bits per heavy atom. The van der Waals surface area contributed by atoms with E-state index in [-0.39, 0.29) is 66.8 Å². The molecule has 0 aromatic carbocycles. The zero-order valence-electron chi connectivity index (χ0n) is 27.7. The van der Waals surface area contributed by atoms with Crippen molar-refractivity contribution in [3.63, 3.8) is 0 Å². The van der Waals surface area contributed by atoms with Crippen molar-refractivity contribution in [3.05, 3.63) is 33.4 Å². The number of H-pyrrole nitrogens is 2. The molecule has 51 heavy (non-hydrogen) atoms. The van der Waals surface area contributed by atoms with E-state index in [1.165, 1.54) is 35.6 Å². The number of amides is 5. The monoisotopic (exact) mass is 712 g/mol. The topological polar surface area (TPSA) is 325 Å². The highest BCUT2D eigenvalue weighted by atomic mass is 16.5. The molecule has 0 saturated carbocycles. The van der Waals surface area contributed by atoms with Crippen LogP contribution in [0.1, 0.15) is 33.6 Å². The fourth-order valence-corrected chi connectivity index (χ4v) is 4.67. The summed E-state index contributed by atoms with van der Waals surface area (Å²) >= 11 is 0. The second-order valence-corrected chi connectivity index (χ2v) is 11.0. The zero-order valence-corrected chi connectivity index (χ0v) is 27.7. The lowest BCUT2D eigenvalue weighted by molar-refractivity contribution is -0.143. The maximum atomic E-state index is 13.0. The minimum Gasteiger partial charge on any atom is -0.465 e. The van der Waals surface area contributed by atoms with Gasteiger partial charge in [-0.2, -0.15) is 9.97 Å². The molecule has 5 amide bonds. The Hall–Kier alpha value is -6.52. The van der Waals surface area contributed by atoms with Gasteiger partial charge in [0.1, 0.15) is 12.6 Å². The summed E-state index contributed by atoms with van der Waals surface area (Å²) in [5.41, 5.74) is 5.07. The summed E-state index contributed by atoms with van der Waals surface area (Å²) in [6, 6.07) is -2.34. The number of nitrogens with zero attached hydrogens (tertiary/aromatic N) is 6. The summed E-state index contributed by atoms with van der Waals surface area (Å²) in [6.45, 7) is 3.23. The normalized spacial score (nSPS) is 12.2. The Kier molecular flexibility index (Phi) is 12.2. The van der Waals surface area contributed by atoms with Gasteiger partial charge in [0.25, 0.3) is 11.1 Å². The number of nitrogens with two attached hydrogens (primary N) is 1. The van der Waals surface area contributed by atoms with Crippen LogP contribution in [0, 0.1) is 0 Å². The Morgan fingerprint density at radius 1 is 0.804 bits per heavy atom. The first kappa shape index (κ1) is 37.3. The van der Waals surface area contributed by atoms with Gasteiger partial charge in [0.05, 0.1) is 31.8 Å². The van der Waals surface area contributed by atoms with Crippen LogP contribution in [0.2, 0.25) is 0 Å². The average molecular weight is 713 g/mol. The number of imidazole rings is 2. The predicted octanol–water partition coefficient (Wildman–Crippen LogP) is -3.44. The number of aromatic amines is 2. The van der Waals surface area contributed by atoms with Crippen LogP contribution < -0.4 is 43.4 Å². The lowest BCUT2D eigenvalue weighted by Gasteiger charge is -2.19. The van der Waals surface area contributed by atoms with E-state index in [4.69, 9.17) is 10.5 Å². The Bertz CT molecular complexity index is 2080. The van der Waals surface area contributed by atoms with Crippen LogP contribution in [0.5, 0.6) is 0 Å². The molecule has 2 atom stereocenters. The second kappa shape index (κ2) is 16.7. The highest BCUT2D eigenvalue weighted by Crippen LogP contribution is 2.11. The molecule has 0 saturated heterocycles. The van der Waals surface area contributed by atoms with Crippen molar-refractivity contribution in [3.8, 4) is 0 Å². The van der Waals surface area contributed by atoms with E-state index >= 15 is 0 Å². The molecule has 0 aliphatic heterocycles. The van der Waals surface area contributed by atoms with Crippen molar-refractivity contribution in [2.45, 2.75) is 58.8 Å². The third-order valence-corrected chi connectivity index (χ3v) is 7.00. The molecule has 272 valence electrons. The number of carbonyl (C=O) groups is 6. The van der Waals surface area contributed by atoms with Crippen molar-refractivity contribution in [1.29, 1.82) is 0 Å². The number of nitrogens with one attached hydrogen (secondary N) is 7. The summed E-state index contributed by atoms with van der Waals surface area (Å²) in [6.07, 6.45) is 2.59. The van der Waals surface area contributed by atoms with Crippen molar-refractivity contribution in [2.24, 2.45) is 5.73 Å². The summed E-state index contributed by atoms with van der Waals surface area (Å²) in [5, 5.41) is 12.1. The Balaban J connectivity index is 1.37. The molecule has 0 spiro atoms. The molecule has 9 N–H and O–H groups in total. The largest absolute Gasteiger partial charge is 0.465 e. The predicted molar refractivity (Wildman–Crippen MR) is 177 cm³/mol. The first-order chi connectivity index (χ1) is 24.2. The van der Waals surface area contributed by atoms with Gasteiger partial charge in [0.15, 0.2) is 22.3 Å². The molecule has 0 bridgehead atoms. The van der Waals surface area contributed by atoms with Crippen LogP contribution in [0.15, 0.2) is 22.2 Å². The van der Waals surface area contributed by atoms with Gasteiger partial charge in [-0.25, -0.2) is 9.97 Å². The van der Waals surface area contributed by atoms with E-state index in [1.807, 2.05) is 0 Å². The number of anilines is 2. The number of ether oxygens (including phenoxy) is 1. The minimum absolute atomic E-state index is 0.00254. The van der Waals surface area contributed by atoms with E-state index in [2.05, 4.69) is 56.5 Å². The lowest BCUT2D eigenvalue weighted by Crippen LogP contribution is -2.52. The first-order valence-corrected chi connectivity index (χ1v) is 15.5. The molecular weight excluding hydrogens is 676 g/mol. The van der Waals surface area contributed by atoms with Gasteiger partial charge in [-0.1, -0.05) is 0 Å². The fraction of sp³-hybridized carbons (Fsp3) is 0.429. The zero-order chi connectivity index (χ0) is 37.2. The minimum atomic E-state index is -1.24. The molecule has 0 fully saturated rings. The van der Waals surface area contributed by atoms with Gasteiger partial charge in [0.2, 0.25) is 41.4 Å². The molecule has 0 unspecified atom stereocenters. The molecule has 0 aliphatic carbocycles. The molecule has 0 aliphatic rings. The van der Waals surface area contributed by atoms with E-state index in [1.54, 1.807) is 6.92 Å². The van der Waals surface area contributed by atoms with Crippen LogP contribution in [0.25, 0.3) is 22.3 Å². The molecule has 0 radical (unpaired) electrons. The standard InChI is InChI=1S/C28H36N14O9/c1-4-51-18(46)10-31-24(48)16(6-8-42-12-33-20-22(42)38-28(35-14(3)44)40-26(20)50)36-17(45)9-30-23(47)15(29)5-7-41-11-32-19-21(41)37-27(34-13(2)43)39-25(19)49/h11-12,15-16H,4-10,29H2,1-3H3,(H,30,47)(H,31,48)(H,36,45)(H2,34,37,39,43,49)(H2,35,38,40,44,50)/t15-,16-/m0/s1. The van der Waals surface area contributed by atoms with Crippen molar-refractivity contribution in [2.75, 3.05) is 30.3 Å². The molecule has 4 aromatic heterocycles. The highest BCUT2D eigenvalue weighted by molar-refractivity contribution is 5.92. The van der Waals surface area contributed by atoms with Crippen LogP contribution in [0.3, 0.4) is 0 Å². The van der Waals surface area contributed by atoms with Crippen LogP contribution in [-0.2, 0) is 46.6 Å². The van der Waals surface area contributed by atoms with Crippen molar-refractivity contribution >= 4 is 69.7 Å². The van der Waals surface area contributed by atoms with E-state index in [0.717, 1.165) is 0 Å².